The van der Waals surface area contributed by atoms with Gasteiger partial charge in [0.25, 0.3) is 0 Å². The van der Waals surface area contributed by atoms with Crippen LogP contribution >= 0.6 is 0 Å². The fourth-order valence-corrected chi connectivity index (χ4v) is 2.90. The molecule has 1 unspecified atom stereocenters. The number of nitrogens with zero attached hydrogens (tertiary/aromatic N) is 3. The van der Waals surface area contributed by atoms with Gasteiger partial charge in [-0.2, -0.15) is 0 Å². The predicted octanol–water partition coefficient (Wildman–Crippen LogP) is -0.457. The molecular formula is C10H13N5O3S. The molecule has 0 saturated carbocycles. The van der Waals surface area contributed by atoms with E-state index in [4.69, 9.17) is 0 Å². The van der Waals surface area contributed by atoms with Crippen molar-refractivity contribution in [3.8, 4) is 0 Å². The standard InChI is InChI=1S/C10H13N5O3S/c1-7(10-13-12-6-15(10)2)14-19(17,18)9-5-11-4-3-8(9)16/h3-7,14H,1-2H3,(H,11,16). The van der Waals surface area contributed by atoms with Gasteiger partial charge in [0.2, 0.25) is 15.5 Å². The van der Waals surface area contributed by atoms with Crippen LogP contribution < -0.4 is 10.2 Å². The maximum Gasteiger partial charge on any atom is 0.246 e. The molecular weight excluding hydrogens is 270 g/mol. The van der Waals surface area contributed by atoms with Crippen molar-refractivity contribution in [1.29, 1.82) is 0 Å². The molecule has 0 aliphatic rings. The molecule has 2 heterocycles. The van der Waals surface area contributed by atoms with E-state index >= 15 is 0 Å². The topological polar surface area (TPSA) is 110 Å². The van der Waals surface area contributed by atoms with Crippen molar-refractivity contribution in [3.63, 3.8) is 0 Å². The summed E-state index contributed by atoms with van der Waals surface area (Å²) in [5, 5.41) is 7.49. The molecule has 0 bridgehead atoms. The smallest absolute Gasteiger partial charge is 0.246 e. The summed E-state index contributed by atoms with van der Waals surface area (Å²) in [6, 6.07) is 0.554. The van der Waals surface area contributed by atoms with Crippen molar-refractivity contribution in [3.05, 3.63) is 40.8 Å². The zero-order chi connectivity index (χ0) is 14.0. The molecule has 1 atom stereocenters. The van der Waals surface area contributed by atoms with E-state index in [1.54, 1.807) is 18.5 Å². The third-order valence-corrected chi connectivity index (χ3v) is 4.11. The van der Waals surface area contributed by atoms with Gasteiger partial charge in [-0.25, -0.2) is 13.1 Å². The van der Waals surface area contributed by atoms with Gasteiger partial charge in [-0.15, -0.1) is 10.2 Å². The van der Waals surface area contributed by atoms with Crippen LogP contribution in [0.3, 0.4) is 0 Å². The molecule has 9 heteroatoms. The van der Waals surface area contributed by atoms with Crippen LogP contribution in [0.1, 0.15) is 18.8 Å². The van der Waals surface area contributed by atoms with Crippen molar-refractivity contribution in [2.45, 2.75) is 17.9 Å². The molecule has 0 radical (unpaired) electrons. The Morgan fingerprint density at radius 3 is 2.79 bits per heavy atom. The average molecular weight is 283 g/mol. The molecule has 0 fully saturated rings. The molecule has 8 nitrogen and oxygen atoms in total. The molecule has 19 heavy (non-hydrogen) atoms. The van der Waals surface area contributed by atoms with Gasteiger partial charge in [0.15, 0.2) is 0 Å². The number of sulfonamides is 1. The minimum Gasteiger partial charge on any atom is -0.366 e. The van der Waals surface area contributed by atoms with Gasteiger partial charge >= 0.3 is 0 Å². The Morgan fingerprint density at radius 1 is 1.47 bits per heavy atom. The van der Waals surface area contributed by atoms with E-state index in [0.29, 0.717) is 5.82 Å². The molecule has 0 aromatic carbocycles. The number of hydrogen-bond acceptors (Lipinski definition) is 5. The highest BCUT2D eigenvalue weighted by atomic mass is 32.2. The lowest BCUT2D eigenvalue weighted by Crippen LogP contribution is -2.31. The maximum absolute atomic E-state index is 12.1. The molecule has 2 aromatic heterocycles. The summed E-state index contributed by atoms with van der Waals surface area (Å²) in [5.41, 5.74) is -0.573. The number of pyridine rings is 1. The summed E-state index contributed by atoms with van der Waals surface area (Å²) >= 11 is 0. The zero-order valence-corrected chi connectivity index (χ0v) is 11.2. The van der Waals surface area contributed by atoms with Crippen LogP contribution in [-0.4, -0.2) is 28.2 Å². The Morgan fingerprint density at radius 2 is 2.21 bits per heavy atom. The first-order valence-electron chi connectivity index (χ1n) is 5.45. The maximum atomic E-state index is 12.1. The van der Waals surface area contributed by atoms with Gasteiger partial charge in [0, 0.05) is 25.5 Å². The van der Waals surface area contributed by atoms with Gasteiger partial charge in [0.05, 0.1) is 6.04 Å². The lowest BCUT2D eigenvalue weighted by atomic mass is 10.3. The number of H-pyrrole nitrogens is 1. The Balaban J connectivity index is 2.31. The van der Waals surface area contributed by atoms with Crippen LogP contribution in [-0.2, 0) is 17.1 Å². The summed E-state index contributed by atoms with van der Waals surface area (Å²) in [7, 11) is -2.20. The number of aromatic amines is 1. The second-order valence-corrected chi connectivity index (χ2v) is 5.70. The largest absolute Gasteiger partial charge is 0.366 e. The van der Waals surface area contributed by atoms with E-state index in [2.05, 4.69) is 19.9 Å². The van der Waals surface area contributed by atoms with Crippen molar-refractivity contribution in [2.75, 3.05) is 0 Å². The first kappa shape index (κ1) is 13.4. The summed E-state index contributed by atoms with van der Waals surface area (Å²) in [6.45, 7) is 1.62. The lowest BCUT2D eigenvalue weighted by molar-refractivity contribution is 0.552. The second-order valence-electron chi connectivity index (χ2n) is 4.02. The summed E-state index contributed by atoms with van der Waals surface area (Å²) in [5.74, 6) is 0.455. The summed E-state index contributed by atoms with van der Waals surface area (Å²) in [4.78, 5) is 13.8. The molecule has 2 N–H and O–H groups in total. The SMILES string of the molecule is CC(NS(=O)(=O)c1c[nH]ccc1=O)c1nncn1C. The monoisotopic (exact) mass is 283 g/mol. The minimum absolute atomic E-state index is 0.330. The van der Waals surface area contributed by atoms with Crippen molar-refractivity contribution in [1.82, 2.24) is 24.5 Å². The van der Waals surface area contributed by atoms with Gasteiger partial charge in [-0.3, -0.25) is 4.79 Å². The van der Waals surface area contributed by atoms with Gasteiger partial charge < -0.3 is 9.55 Å². The first-order chi connectivity index (χ1) is 8.92. The molecule has 0 spiro atoms. The number of nitrogens with one attached hydrogen (secondary N) is 2. The molecule has 0 aliphatic heterocycles. The van der Waals surface area contributed by atoms with E-state index in [9.17, 15) is 13.2 Å². The summed E-state index contributed by atoms with van der Waals surface area (Å²) < 4.78 is 28.1. The molecule has 0 amide bonds. The minimum atomic E-state index is -3.91. The fourth-order valence-electron chi connectivity index (χ4n) is 1.64. The molecule has 2 rings (SSSR count). The number of rotatable bonds is 4. The number of hydrogen-bond donors (Lipinski definition) is 2. The average Bonchev–Trinajstić information content (AvgIpc) is 2.75. The van der Waals surface area contributed by atoms with Crippen molar-refractivity contribution < 1.29 is 8.42 Å². The van der Waals surface area contributed by atoms with E-state index in [1.165, 1.54) is 12.5 Å². The van der Waals surface area contributed by atoms with Gasteiger partial charge in [-0.05, 0) is 6.92 Å². The van der Waals surface area contributed by atoms with Crippen LogP contribution in [0.25, 0.3) is 0 Å². The lowest BCUT2D eigenvalue weighted by Gasteiger charge is -2.12. The van der Waals surface area contributed by atoms with Gasteiger partial charge in [-0.1, -0.05) is 0 Å². The summed E-state index contributed by atoms with van der Waals surface area (Å²) in [6.07, 6.45) is 3.98. The zero-order valence-electron chi connectivity index (χ0n) is 10.4. The van der Waals surface area contributed by atoms with E-state index in [-0.39, 0.29) is 4.90 Å². The van der Waals surface area contributed by atoms with Crippen molar-refractivity contribution in [2.24, 2.45) is 7.05 Å². The third kappa shape index (κ3) is 2.71. The van der Waals surface area contributed by atoms with Crippen LogP contribution in [0.15, 0.2) is 34.5 Å². The third-order valence-electron chi connectivity index (χ3n) is 2.54. The van der Waals surface area contributed by atoms with Crippen LogP contribution in [0.2, 0.25) is 0 Å². The van der Waals surface area contributed by atoms with E-state index in [1.807, 2.05) is 0 Å². The van der Waals surface area contributed by atoms with Crippen LogP contribution in [0.5, 0.6) is 0 Å². The second kappa shape index (κ2) is 4.94. The number of aromatic nitrogens is 4. The molecule has 0 saturated heterocycles. The number of aryl methyl sites for hydroxylation is 1. The highest BCUT2D eigenvalue weighted by molar-refractivity contribution is 7.89. The Bertz CT molecular complexity index is 733. The van der Waals surface area contributed by atoms with E-state index in [0.717, 1.165) is 12.3 Å². The van der Waals surface area contributed by atoms with Gasteiger partial charge in [0.1, 0.15) is 17.0 Å². The Kier molecular flexibility index (Phi) is 3.49. The van der Waals surface area contributed by atoms with E-state index < -0.39 is 21.5 Å². The van der Waals surface area contributed by atoms with Crippen LogP contribution in [0, 0.1) is 0 Å². The highest BCUT2D eigenvalue weighted by Crippen LogP contribution is 2.11. The molecule has 0 aliphatic carbocycles. The Hall–Kier alpha value is -2.00. The first-order valence-corrected chi connectivity index (χ1v) is 6.93. The molecule has 102 valence electrons. The highest BCUT2D eigenvalue weighted by Gasteiger charge is 2.23. The Labute approximate surface area is 109 Å². The van der Waals surface area contributed by atoms with Crippen molar-refractivity contribution >= 4 is 10.0 Å². The normalized spacial score (nSPS) is 13.4. The quantitative estimate of drug-likeness (QED) is 0.789. The predicted molar refractivity (Wildman–Crippen MR) is 66.8 cm³/mol. The van der Waals surface area contributed by atoms with Crippen LogP contribution in [0.4, 0.5) is 0 Å². The fraction of sp³-hybridized carbons (Fsp3) is 0.300. The molecule has 2 aromatic rings.